The number of aromatic nitrogens is 3. The van der Waals surface area contributed by atoms with Gasteiger partial charge in [0.05, 0.1) is 13.2 Å². The summed E-state index contributed by atoms with van der Waals surface area (Å²) in [7, 11) is 1.70. The largest absolute Gasteiger partial charge is 0.377 e. The van der Waals surface area contributed by atoms with E-state index in [9.17, 15) is 0 Å². The van der Waals surface area contributed by atoms with Gasteiger partial charge in [0, 0.05) is 39.2 Å². The van der Waals surface area contributed by atoms with Gasteiger partial charge in [-0.1, -0.05) is 6.08 Å². The quantitative estimate of drug-likeness (QED) is 0.776. The lowest BCUT2D eigenvalue weighted by Gasteiger charge is -2.28. The zero-order valence-electron chi connectivity index (χ0n) is 12.9. The van der Waals surface area contributed by atoms with Crippen LogP contribution in [0.25, 0.3) is 0 Å². The summed E-state index contributed by atoms with van der Waals surface area (Å²) in [6.45, 7) is 7.38. The highest BCUT2D eigenvalue weighted by Crippen LogP contribution is 2.17. The van der Waals surface area contributed by atoms with E-state index in [4.69, 9.17) is 9.47 Å². The minimum absolute atomic E-state index is 0.466. The fourth-order valence-corrected chi connectivity index (χ4v) is 3.07. The Morgan fingerprint density at radius 3 is 3.05 bits per heavy atom. The van der Waals surface area contributed by atoms with Crippen LogP contribution < -0.4 is 0 Å². The van der Waals surface area contributed by atoms with E-state index < -0.39 is 0 Å². The van der Waals surface area contributed by atoms with E-state index in [0.717, 1.165) is 57.3 Å². The molecular formula is C15H24N4O2. The van der Waals surface area contributed by atoms with Crippen LogP contribution in [0.3, 0.4) is 0 Å². The van der Waals surface area contributed by atoms with Crippen molar-refractivity contribution in [3.8, 4) is 0 Å². The van der Waals surface area contributed by atoms with E-state index >= 15 is 0 Å². The number of hydrogen-bond acceptors (Lipinski definition) is 5. The number of rotatable bonds is 4. The molecule has 0 aromatic carbocycles. The highest BCUT2D eigenvalue weighted by Gasteiger charge is 2.24. The number of ether oxygens (including phenoxy) is 2. The van der Waals surface area contributed by atoms with E-state index in [1.165, 1.54) is 5.57 Å². The first-order valence-corrected chi connectivity index (χ1v) is 7.67. The molecule has 0 bridgehead atoms. The van der Waals surface area contributed by atoms with Crippen molar-refractivity contribution in [3.63, 3.8) is 0 Å². The van der Waals surface area contributed by atoms with Gasteiger partial charge in [-0.3, -0.25) is 4.90 Å². The van der Waals surface area contributed by atoms with E-state index in [2.05, 4.69) is 32.7 Å². The highest BCUT2D eigenvalue weighted by molar-refractivity contribution is 5.09. The Morgan fingerprint density at radius 2 is 2.29 bits per heavy atom. The lowest BCUT2D eigenvalue weighted by molar-refractivity contribution is 0.136. The third-order valence-electron chi connectivity index (χ3n) is 4.28. The normalized spacial score (nSPS) is 23.5. The van der Waals surface area contributed by atoms with Crippen LogP contribution in [0.1, 0.15) is 25.0 Å². The molecule has 0 saturated heterocycles. The summed E-state index contributed by atoms with van der Waals surface area (Å²) in [5.41, 5.74) is 1.41. The van der Waals surface area contributed by atoms with Crippen LogP contribution in [0.2, 0.25) is 0 Å². The summed E-state index contributed by atoms with van der Waals surface area (Å²) < 4.78 is 13.0. The summed E-state index contributed by atoms with van der Waals surface area (Å²) in [4.78, 5) is 2.52. The van der Waals surface area contributed by atoms with Gasteiger partial charge in [-0.25, -0.2) is 0 Å². The lowest BCUT2D eigenvalue weighted by Crippen LogP contribution is -2.37. The van der Waals surface area contributed by atoms with E-state index in [-0.39, 0.29) is 0 Å². The molecule has 0 saturated carbocycles. The van der Waals surface area contributed by atoms with E-state index in [1.54, 1.807) is 7.11 Å². The molecule has 0 amide bonds. The highest BCUT2D eigenvalue weighted by atomic mass is 16.5. The third-order valence-corrected chi connectivity index (χ3v) is 4.28. The van der Waals surface area contributed by atoms with Crippen LogP contribution >= 0.6 is 0 Å². The third kappa shape index (κ3) is 3.33. The van der Waals surface area contributed by atoms with Crippen molar-refractivity contribution in [3.05, 3.63) is 23.3 Å². The first-order valence-electron chi connectivity index (χ1n) is 7.67. The molecule has 21 heavy (non-hydrogen) atoms. The molecule has 3 heterocycles. The molecule has 116 valence electrons. The molecule has 1 aromatic heterocycles. The van der Waals surface area contributed by atoms with Gasteiger partial charge in [-0.15, -0.1) is 10.2 Å². The van der Waals surface area contributed by atoms with Gasteiger partial charge in [0.1, 0.15) is 12.4 Å². The summed E-state index contributed by atoms with van der Waals surface area (Å²) in [6, 6.07) is 0.466. The SMILES string of the molecule is COCc1nnc2n1CCN(CC1=CCCOC1)C(C)C2. The van der Waals surface area contributed by atoms with Crippen LogP contribution in [-0.2, 0) is 29.0 Å². The number of hydrogen-bond donors (Lipinski definition) is 0. The Hall–Kier alpha value is -1.24. The van der Waals surface area contributed by atoms with Crippen molar-refractivity contribution in [1.29, 1.82) is 0 Å². The fourth-order valence-electron chi connectivity index (χ4n) is 3.07. The minimum atomic E-state index is 0.466. The maximum absolute atomic E-state index is 5.55. The maximum Gasteiger partial charge on any atom is 0.159 e. The summed E-state index contributed by atoms with van der Waals surface area (Å²) in [5, 5.41) is 8.58. The first kappa shape index (κ1) is 14.7. The number of methoxy groups -OCH3 is 1. The second kappa shape index (κ2) is 6.68. The lowest BCUT2D eigenvalue weighted by atomic mass is 10.1. The van der Waals surface area contributed by atoms with Crippen LogP contribution in [0.4, 0.5) is 0 Å². The molecule has 2 aliphatic rings. The first-order chi connectivity index (χ1) is 10.3. The van der Waals surface area contributed by atoms with Crippen LogP contribution in [0.5, 0.6) is 0 Å². The second-order valence-corrected chi connectivity index (χ2v) is 5.84. The van der Waals surface area contributed by atoms with Crippen molar-refractivity contribution >= 4 is 0 Å². The van der Waals surface area contributed by atoms with Crippen LogP contribution in [-0.4, -0.2) is 59.1 Å². The van der Waals surface area contributed by atoms with Crippen molar-refractivity contribution in [1.82, 2.24) is 19.7 Å². The molecule has 6 heteroatoms. The monoisotopic (exact) mass is 292 g/mol. The standard InChI is InChI=1S/C15H24N4O2/c1-12-8-14-16-17-15(11-20-2)19(14)6-5-18(12)9-13-4-3-7-21-10-13/h4,12H,3,5-11H2,1-2H3. The van der Waals surface area contributed by atoms with Crippen LogP contribution in [0.15, 0.2) is 11.6 Å². The van der Waals surface area contributed by atoms with Crippen LogP contribution in [0, 0.1) is 0 Å². The van der Waals surface area contributed by atoms with Crippen molar-refractivity contribution in [2.75, 3.05) is 33.4 Å². The molecular weight excluding hydrogens is 268 g/mol. The molecule has 3 rings (SSSR count). The Kier molecular flexibility index (Phi) is 4.67. The molecule has 2 aliphatic heterocycles. The Balaban J connectivity index is 1.69. The molecule has 6 nitrogen and oxygen atoms in total. The molecule has 0 fully saturated rings. The zero-order chi connectivity index (χ0) is 14.7. The average Bonchev–Trinajstić information content (AvgIpc) is 2.79. The number of nitrogens with zero attached hydrogens (tertiary/aromatic N) is 4. The van der Waals surface area contributed by atoms with E-state index in [0.29, 0.717) is 12.6 Å². The predicted octanol–water partition coefficient (Wildman–Crippen LogP) is 1.02. The smallest absolute Gasteiger partial charge is 0.159 e. The zero-order valence-corrected chi connectivity index (χ0v) is 12.9. The molecule has 0 N–H and O–H groups in total. The maximum atomic E-state index is 5.55. The summed E-state index contributed by atoms with van der Waals surface area (Å²) in [6.07, 6.45) is 4.31. The van der Waals surface area contributed by atoms with Crippen molar-refractivity contribution in [2.24, 2.45) is 0 Å². The summed E-state index contributed by atoms with van der Waals surface area (Å²) >= 11 is 0. The van der Waals surface area contributed by atoms with Gasteiger partial charge < -0.3 is 14.0 Å². The molecule has 0 radical (unpaired) electrons. The minimum Gasteiger partial charge on any atom is -0.377 e. The fraction of sp³-hybridized carbons (Fsp3) is 0.733. The predicted molar refractivity (Wildman–Crippen MR) is 79.0 cm³/mol. The second-order valence-electron chi connectivity index (χ2n) is 5.84. The number of fused-ring (bicyclic) bond motifs is 1. The van der Waals surface area contributed by atoms with E-state index in [1.807, 2.05) is 0 Å². The van der Waals surface area contributed by atoms with Gasteiger partial charge >= 0.3 is 0 Å². The van der Waals surface area contributed by atoms with Crippen molar-refractivity contribution in [2.45, 2.75) is 39.0 Å². The average molecular weight is 292 g/mol. The molecule has 0 spiro atoms. The van der Waals surface area contributed by atoms with Gasteiger partial charge in [0.15, 0.2) is 5.82 Å². The Bertz CT molecular complexity index is 512. The molecule has 0 aliphatic carbocycles. The molecule has 1 atom stereocenters. The Labute approximate surface area is 125 Å². The van der Waals surface area contributed by atoms with Gasteiger partial charge in [0.2, 0.25) is 0 Å². The van der Waals surface area contributed by atoms with Gasteiger partial charge in [-0.05, 0) is 18.9 Å². The molecule has 1 aromatic rings. The Morgan fingerprint density at radius 1 is 1.38 bits per heavy atom. The van der Waals surface area contributed by atoms with Crippen molar-refractivity contribution < 1.29 is 9.47 Å². The van der Waals surface area contributed by atoms with Gasteiger partial charge in [0.25, 0.3) is 0 Å². The topological polar surface area (TPSA) is 52.4 Å². The summed E-state index contributed by atoms with van der Waals surface area (Å²) in [5.74, 6) is 2.01. The van der Waals surface area contributed by atoms with Gasteiger partial charge in [-0.2, -0.15) is 0 Å². The molecule has 1 unspecified atom stereocenters.